The Labute approximate surface area is 146 Å². The maximum atomic E-state index is 13.0. The zero-order valence-electron chi connectivity index (χ0n) is 13.8. The Morgan fingerprint density at radius 2 is 1.92 bits per heavy atom. The van der Waals surface area contributed by atoms with Crippen LogP contribution in [0.4, 0.5) is 5.69 Å². The van der Waals surface area contributed by atoms with Crippen molar-refractivity contribution in [2.24, 2.45) is 0 Å². The Bertz CT molecular complexity index is 936. The van der Waals surface area contributed by atoms with Crippen molar-refractivity contribution in [1.29, 1.82) is 0 Å². The maximum Gasteiger partial charge on any atom is 0.269 e. The highest BCUT2D eigenvalue weighted by atomic mass is 32.2. The molecular weight excluding hydrogens is 340 g/mol. The molecule has 1 aliphatic rings. The Hall–Kier alpha value is -2.51. The normalized spacial score (nSPS) is 17.7. The molecule has 1 unspecified atom stereocenters. The van der Waals surface area contributed by atoms with E-state index in [1.165, 1.54) is 28.6 Å². The largest absolute Gasteiger partial charge is 0.269 e. The van der Waals surface area contributed by atoms with Crippen molar-refractivity contribution < 1.29 is 13.3 Å². The molecule has 2 aromatic carbocycles. The first-order chi connectivity index (χ1) is 11.8. The lowest BCUT2D eigenvalue weighted by atomic mass is 9.93. The van der Waals surface area contributed by atoms with Crippen LogP contribution in [0.15, 0.2) is 60.0 Å². The zero-order valence-corrected chi connectivity index (χ0v) is 14.6. The van der Waals surface area contributed by atoms with E-state index in [0.29, 0.717) is 13.0 Å². The van der Waals surface area contributed by atoms with Gasteiger partial charge in [0.15, 0.2) is 0 Å². The lowest BCUT2D eigenvalue weighted by Gasteiger charge is -2.34. The summed E-state index contributed by atoms with van der Waals surface area (Å²) in [5, 5.41) is 10.8. The minimum absolute atomic E-state index is 0.0421. The van der Waals surface area contributed by atoms with Gasteiger partial charge in [-0.25, -0.2) is 8.42 Å². The molecule has 3 rings (SSSR count). The molecule has 130 valence electrons. The monoisotopic (exact) mass is 358 g/mol. The van der Waals surface area contributed by atoms with Crippen molar-refractivity contribution in [2.45, 2.75) is 24.3 Å². The highest BCUT2D eigenvalue weighted by Crippen LogP contribution is 2.35. The summed E-state index contributed by atoms with van der Waals surface area (Å²) >= 11 is 0. The van der Waals surface area contributed by atoms with Crippen molar-refractivity contribution in [2.75, 3.05) is 6.54 Å². The van der Waals surface area contributed by atoms with Crippen molar-refractivity contribution in [3.63, 3.8) is 0 Å². The van der Waals surface area contributed by atoms with Gasteiger partial charge in [0.25, 0.3) is 5.69 Å². The molecule has 0 aromatic heterocycles. The minimum Gasteiger partial charge on any atom is -0.258 e. The maximum absolute atomic E-state index is 13.0. The van der Waals surface area contributed by atoms with E-state index >= 15 is 0 Å². The summed E-state index contributed by atoms with van der Waals surface area (Å²) in [5.41, 5.74) is 3.05. The quantitative estimate of drug-likeness (QED) is 0.477. The molecule has 0 radical (unpaired) electrons. The molecule has 7 heteroatoms. The van der Waals surface area contributed by atoms with Crippen LogP contribution in [0.25, 0.3) is 0 Å². The second-order valence-corrected chi connectivity index (χ2v) is 7.89. The fourth-order valence-electron chi connectivity index (χ4n) is 3.15. The van der Waals surface area contributed by atoms with E-state index in [9.17, 15) is 18.5 Å². The van der Waals surface area contributed by atoms with Crippen LogP contribution >= 0.6 is 0 Å². The molecule has 0 fully saturated rings. The van der Waals surface area contributed by atoms with Gasteiger partial charge in [-0.15, -0.1) is 6.58 Å². The lowest BCUT2D eigenvalue weighted by molar-refractivity contribution is -0.384. The number of fused-ring (bicyclic) bond motifs is 1. The number of sulfonamides is 1. The summed E-state index contributed by atoms with van der Waals surface area (Å²) in [5.74, 6) is 0. The Kier molecular flexibility index (Phi) is 4.45. The fraction of sp³-hybridized carbons (Fsp3) is 0.222. The first-order valence-corrected chi connectivity index (χ1v) is 9.27. The minimum atomic E-state index is -3.78. The standard InChI is InChI=1S/C18H18N2O4S/c1-3-18-17-9-4-13(2)12-14(17)10-11-19(18)25(23,24)16-7-5-15(6-8-16)20(21)22/h3-9,12,18H,1,10-11H2,2H3. The molecule has 0 amide bonds. The van der Waals surface area contributed by atoms with E-state index in [2.05, 4.69) is 12.6 Å². The van der Waals surface area contributed by atoms with Crippen LogP contribution in [0.1, 0.15) is 22.7 Å². The van der Waals surface area contributed by atoms with Gasteiger partial charge < -0.3 is 0 Å². The number of nitrogens with zero attached hydrogens (tertiary/aromatic N) is 2. The van der Waals surface area contributed by atoms with Gasteiger partial charge in [0, 0.05) is 18.7 Å². The van der Waals surface area contributed by atoms with Crippen LogP contribution < -0.4 is 0 Å². The molecule has 6 nitrogen and oxygen atoms in total. The van der Waals surface area contributed by atoms with Gasteiger partial charge in [-0.2, -0.15) is 4.31 Å². The van der Waals surface area contributed by atoms with E-state index in [-0.39, 0.29) is 10.6 Å². The second kappa shape index (κ2) is 6.42. The molecule has 2 aromatic rings. The van der Waals surface area contributed by atoms with Gasteiger partial charge in [0.2, 0.25) is 10.0 Å². The molecular formula is C18H18N2O4S. The Morgan fingerprint density at radius 3 is 2.52 bits per heavy atom. The number of hydrogen-bond acceptors (Lipinski definition) is 4. The van der Waals surface area contributed by atoms with Crippen LogP contribution in [0.5, 0.6) is 0 Å². The third-order valence-electron chi connectivity index (χ3n) is 4.41. The fourth-order valence-corrected chi connectivity index (χ4v) is 4.73. The highest BCUT2D eigenvalue weighted by Gasteiger charge is 2.35. The van der Waals surface area contributed by atoms with Crippen molar-refractivity contribution in [3.8, 4) is 0 Å². The van der Waals surface area contributed by atoms with Crippen LogP contribution in [-0.4, -0.2) is 24.2 Å². The number of non-ortho nitro benzene ring substituents is 1. The van der Waals surface area contributed by atoms with Gasteiger partial charge in [0.1, 0.15) is 0 Å². The number of nitro benzene ring substituents is 1. The Balaban J connectivity index is 2.01. The molecule has 0 N–H and O–H groups in total. The highest BCUT2D eigenvalue weighted by molar-refractivity contribution is 7.89. The topological polar surface area (TPSA) is 80.5 Å². The van der Waals surface area contributed by atoms with Gasteiger partial charge in [-0.05, 0) is 36.6 Å². The molecule has 0 bridgehead atoms. The lowest BCUT2D eigenvalue weighted by Crippen LogP contribution is -2.39. The van der Waals surface area contributed by atoms with E-state index in [1.807, 2.05) is 19.1 Å². The third kappa shape index (κ3) is 3.08. The third-order valence-corrected chi connectivity index (χ3v) is 6.30. The second-order valence-electron chi connectivity index (χ2n) is 6.00. The molecule has 1 atom stereocenters. The van der Waals surface area contributed by atoms with Gasteiger partial charge >= 0.3 is 0 Å². The summed E-state index contributed by atoms with van der Waals surface area (Å²) in [4.78, 5) is 10.2. The zero-order chi connectivity index (χ0) is 18.2. The van der Waals surface area contributed by atoms with Crippen molar-refractivity contribution in [1.82, 2.24) is 4.31 Å². The van der Waals surface area contributed by atoms with Crippen LogP contribution in [0, 0.1) is 17.0 Å². The summed E-state index contributed by atoms with van der Waals surface area (Å²) in [6.45, 7) is 6.15. The molecule has 0 spiro atoms. The number of nitro groups is 1. The number of rotatable bonds is 4. The predicted molar refractivity (Wildman–Crippen MR) is 94.8 cm³/mol. The van der Waals surface area contributed by atoms with E-state index in [0.717, 1.165) is 16.7 Å². The molecule has 25 heavy (non-hydrogen) atoms. The molecule has 1 heterocycles. The van der Waals surface area contributed by atoms with Crippen LogP contribution in [-0.2, 0) is 16.4 Å². The average Bonchev–Trinajstić information content (AvgIpc) is 2.60. The smallest absolute Gasteiger partial charge is 0.258 e. The summed E-state index contributed by atoms with van der Waals surface area (Å²) in [6.07, 6.45) is 2.24. The number of aryl methyl sites for hydroxylation is 1. The number of hydrogen-bond donors (Lipinski definition) is 0. The van der Waals surface area contributed by atoms with Crippen molar-refractivity contribution >= 4 is 15.7 Å². The van der Waals surface area contributed by atoms with E-state index in [1.54, 1.807) is 6.08 Å². The average molecular weight is 358 g/mol. The molecule has 0 aliphatic carbocycles. The first-order valence-electron chi connectivity index (χ1n) is 7.83. The van der Waals surface area contributed by atoms with Crippen LogP contribution in [0.3, 0.4) is 0 Å². The SMILES string of the molecule is C=CC1c2ccc(C)cc2CCN1S(=O)(=O)c1ccc([N+](=O)[O-])cc1. The Morgan fingerprint density at radius 1 is 1.24 bits per heavy atom. The molecule has 0 saturated carbocycles. The van der Waals surface area contributed by atoms with Crippen molar-refractivity contribution in [3.05, 3.63) is 81.9 Å². The summed E-state index contributed by atoms with van der Waals surface area (Å²) in [6, 6.07) is 10.5. The summed E-state index contributed by atoms with van der Waals surface area (Å²) in [7, 11) is -3.78. The van der Waals surface area contributed by atoms with E-state index < -0.39 is 21.0 Å². The first kappa shape index (κ1) is 17.3. The summed E-state index contributed by atoms with van der Waals surface area (Å²) < 4.78 is 27.4. The van der Waals surface area contributed by atoms with Gasteiger partial charge in [-0.1, -0.05) is 29.8 Å². The molecule has 1 aliphatic heterocycles. The number of benzene rings is 2. The van der Waals surface area contributed by atoms with Gasteiger partial charge in [-0.3, -0.25) is 10.1 Å². The predicted octanol–water partition coefficient (Wildman–Crippen LogP) is 3.38. The van der Waals surface area contributed by atoms with Gasteiger partial charge in [0.05, 0.1) is 15.9 Å². The van der Waals surface area contributed by atoms with Crippen LogP contribution in [0.2, 0.25) is 0 Å². The van der Waals surface area contributed by atoms with E-state index in [4.69, 9.17) is 0 Å². The molecule has 0 saturated heterocycles.